The lowest BCUT2D eigenvalue weighted by Gasteiger charge is -2.04. The molecular weight excluding hydrogens is 310 g/mol. The molecule has 0 atom stereocenters. The minimum Gasteiger partial charge on any atom is -0.327 e. The van der Waals surface area contributed by atoms with Gasteiger partial charge in [-0.25, -0.2) is 13.1 Å². The van der Waals surface area contributed by atoms with Crippen LogP contribution in [-0.2, 0) is 17.1 Å². The molecule has 0 unspecified atom stereocenters. The van der Waals surface area contributed by atoms with E-state index in [1.165, 1.54) is 35.6 Å². The number of carbonyl (C=O) groups is 1. The molecule has 1 heterocycles. The number of carbonyl (C=O) groups excluding carboxylic acids is 1. The Hall–Kier alpha value is -1.77. The second-order valence-corrected chi connectivity index (χ2v) is 6.88. The van der Waals surface area contributed by atoms with Crippen molar-refractivity contribution in [3.05, 3.63) is 46.2 Å². The molecule has 0 aliphatic carbocycles. The van der Waals surface area contributed by atoms with Gasteiger partial charge in [0.2, 0.25) is 10.0 Å². The molecule has 0 aliphatic heterocycles. The standard InChI is InChI=1S/C13H15N3O3S2/c1-3-14-21(18,19)11-6-4-10(5-7-11)12(17)15-13-16(2)8-9-20-13/h4-9,14H,3H2,1-2H3. The molecule has 1 N–H and O–H groups in total. The monoisotopic (exact) mass is 325 g/mol. The van der Waals surface area contributed by atoms with Crippen LogP contribution in [0.2, 0.25) is 0 Å². The van der Waals surface area contributed by atoms with Crippen LogP contribution in [0.15, 0.2) is 45.7 Å². The van der Waals surface area contributed by atoms with Gasteiger partial charge in [-0.15, -0.1) is 11.3 Å². The first-order chi connectivity index (χ1) is 9.94. The van der Waals surface area contributed by atoms with Crippen molar-refractivity contribution in [2.24, 2.45) is 12.0 Å². The van der Waals surface area contributed by atoms with Crippen molar-refractivity contribution >= 4 is 27.3 Å². The number of nitrogens with zero attached hydrogens (tertiary/aromatic N) is 2. The molecule has 1 aromatic heterocycles. The highest BCUT2D eigenvalue weighted by atomic mass is 32.2. The van der Waals surface area contributed by atoms with E-state index in [1.807, 2.05) is 11.6 Å². The summed E-state index contributed by atoms with van der Waals surface area (Å²) in [6.07, 6.45) is 1.81. The predicted molar refractivity (Wildman–Crippen MR) is 80.5 cm³/mol. The van der Waals surface area contributed by atoms with E-state index in [9.17, 15) is 13.2 Å². The molecule has 0 saturated heterocycles. The molecular formula is C13H15N3O3S2. The van der Waals surface area contributed by atoms with Crippen LogP contribution < -0.4 is 9.52 Å². The molecule has 2 aromatic rings. The highest BCUT2D eigenvalue weighted by Crippen LogP contribution is 2.11. The first-order valence-electron chi connectivity index (χ1n) is 6.23. The van der Waals surface area contributed by atoms with Crippen LogP contribution in [0.1, 0.15) is 17.3 Å². The number of nitrogens with one attached hydrogen (secondary N) is 1. The van der Waals surface area contributed by atoms with Crippen molar-refractivity contribution in [2.45, 2.75) is 11.8 Å². The minimum absolute atomic E-state index is 0.127. The molecule has 0 aliphatic rings. The molecule has 6 nitrogen and oxygen atoms in total. The second kappa shape index (κ2) is 6.33. The fourth-order valence-corrected chi connectivity index (χ4v) is 3.41. The fourth-order valence-electron chi connectivity index (χ4n) is 1.64. The number of benzene rings is 1. The van der Waals surface area contributed by atoms with Crippen LogP contribution in [0, 0.1) is 0 Å². The number of aromatic nitrogens is 1. The van der Waals surface area contributed by atoms with E-state index in [4.69, 9.17) is 0 Å². The topological polar surface area (TPSA) is 80.5 Å². The van der Waals surface area contributed by atoms with Gasteiger partial charge in [0.05, 0.1) is 4.90 Å². The van der Waals surface area contributed by atoms with Crippen molar-refractivity contribution in [3.63, 3.8) is 0 Å². The average Bonchev–Trinajstić information content (AvgIpc) is 2.84. The minimum atomic E-state index is -3.50. The number of rotatable bonds is 4. The second-order valence-electron chi connectivity index (χ2n) is 4.24. The Morgan fingerprint density at radius 1 is 1.33 bits per heavy atom. The number of amides is 1. The molecule has 21 heavy (non-hydrogen) atoms. The van der Waals surface area contributed by atoms with Gasteiger partial charge in [0.15, 0.2) is 4.80 Å². The molecule has 1 aromatic carbocycles. The smallest absolute Gasteiger partial charge is 0.279 e. The van der Waals surface area contributed by atoms with Crippen molar-refractivity contribution in [1.29, 1.82) is 0 Å². The number of hydrogen-bond donors (Lipinski definition) is 1. The van der Waals surface area contributed by atoms with Crippen molar-refractivity contribution in [3.8, 4) is 0 Å². The summed E-state index contributed by atoms with van der Waals surface area (Å²) in [6, 6.07) is 5.72. The third-order valence-corrected chi connectivity index (χ3v) is 5.11. The van der Waals surface area contributed by atoms with Crippen molar-refractivity contribution < 1.29 is 13.2 Å². The maximum absolute atomic E-state index is 12.0. The molecule has 1 amide bonds. The molecule has 0 spiro atoms. The van der Waals surface area contributed by atoms with Crippen LogP contribution >= 0.6 is 11.3 Å². The summed E-state index contributed by atoms with van der Waals surface area (Å²) in [6.45, 7) is 2.02. The molecule has 112 valence electrons. The highest BCUT2D eigenvalue weighted by molar-refractivity contribution is 7.89. The number of thiazole rings is 1. The van der Waals surface area contributed by atoms with Gasteiger partial charge in [0, 0.05) is 30.7 Å². The van der Waals surface area contributed by atoms with Crippen molar-refractivity contribution in [2.75, 3.05) is 6.54 Å². The van der Waals surface area contributed by atoms with E-state index in [0.29, 0.717) is 16.9 Å². The summed E-state index contributed by atoms with van der Waals surface area (Å²) in [5.41, 5.74) is 0.346. The Labute approximate surface area is 126 Å². The van der Waals surface area contributed by atoms with Crippen molar-refractivity contribution in [1.82, 2.24) is 9.29 Å². The van der Waals surface area contributed by atoms with Crippen LogP contribution in [0.25, 0.3) is 0 Å². The quantitative estimate of drug-likeness (QED) is 0.915. The van der Waals surface area contributed by atoms with E-state index < -0.39 is 15.9 Å². The summed E-state index contributed by atoms with van der Waals surface area (Å²) in [5.74, 6) is -0.402. The van der Waals surface area contributed by atoms with Crippen LogP contribution in [0.4, 0.5) is 0 Å². The van der Waals surface area contributed by atoms with E-state index in [-0.39, 0.29) is 4.90 Å². The first-order valence-corrected chi connectivity index (χ1v) is 8.59. The van der Waals surface area contributed by atoms with E-state index >= 15 is 0 Å². The molecule has 8 heteroatoms. The van der Waals surface area contributed by atoms with Gasteiger partial charge in [-0.1, -0.05) is 6.92 Å². The van der Waals surface area contributed by atoms with Gasteiger partial charge in [0.25, 0.3) is 5.91 Å². The van der Waals surface area contributed by atoms with Gasteiger partial charge in [-0.05, 0) is 24.3 Å². The Bertz CT molecular complexity index is 802. The number of aryl methyl sites for hydroxylation is 1. The molecule has 0 saturated carbocycles. The molecule has 2 rings (SSSR count). The van der Waals surface area contributed by atoms with Crippen LogP contribution in [-0.4, -0.2) is 25.4 Å². The zero-order valence-electron chi connectivity index (χ0n) is 11.6. The van der Waals surface area contributed by atoms with E-state index in [1.54, 1.807) is 18.5 Å². The zero-order valence-corrected chi connectivity index (χ0v) is 13.2. The third-order valence-electron chi connectivity index (χ3n) is 2.70. The largest absolute Gasteiger partial charge is 0.327 e. The number of sulfonamides is 1. The highest BCUT2D eigenvalue weighted by Gasteiger charge is 2.13. The summed E-state index contributed by atoms with van der Waals surface area (Å²) < 4.78 is 27.7. The lowest BCUT2D eigenvalue weighted by atomic mass is 10.2. The Morgan fingerprint density at radius 2 is 2.00 bits per heavy atom. The molecule has 0 fully saturated rings. The SMILES string of the molecule is CCNS(=O)(=O)c1ccc(C(=O)N=c2sccn2C)cc1. The fraction of sp³-hybridized carbons (Fsp3) is 0.231. The average molecular weight is 325 g/mol. The van der Waals surface area contributed by atoms with Gasteiger partial charge < -0.3 is 4.57 Å². The Kier molecular flexibility index (Phi) is 4.71. The van der Waals surface area contributed by atoms with Crippen LogP contribution in [0.5, 0.6) is 0 Å². The van der Waals surface area contributed by atoms with Gasteiger partial charge in [-0.3, -0.25) is 4.79 Å². The summed E-state index contributed by atoms with van der Waals surface area (Å²) >= 11 is 1.36. The maximum atomic E-state index is 12.0. The Morgan fingerprint density at radius 3 is 2.52 bits per heavy atom. The lowest BCUT2D eigenvalue weighted by Crippen LogP contribution is -2.23. The third kappa shape index (κ3) is 3.66. The van der Waals surface area contributed by atoms with Crippen LogP contribution in [0.3, 0.4) is 0 Å². The summed E-state index contributed by atoms with van der Waals surface area (Å²) in [7, 11) is -1.70. The predicted octanol–water partition coefficient (Wildman–Crippen LogP) is 1.13. The normalized spacial score (nSPS) is 12.6. The summed E-state index contributed by atoms with van der Waals surface area (Å²) in [5, 5.41) is 1.83. The van der Waals surface area contributed by atoms with E-state index in [2.05, 4.69) is 9.71 Å². The maximum Gasteiger partial charge on any atom is 0.279 e. The molecule has 0 radical (unpaired) electrons. The Balaban J connectivity index is 2.28. The lowest BCUT2D eigenvalue weighted by molar-refractivity contribution is 0.0998. The summed E-state index contributed by atoms with van der Waals surface area (Å²) in [4.78, 5) is 16.7. The molecule has 0 bridgehead atoms. The zero-order chi connectivity index (χ0) is 15.5. The van der Waals surface area contributed by atoms with E-state index in [0.717, 1.165) is 0 Å². The number of hydrogen-bond acceptors (Lipinski definition) is 4. The van der Waals surface area contributed by atoms with Gasteiger partial charge >= 0.3 is 0 Å². The van der Waals surface area contributed by atoms with Gasteiger partial charge in [0.1, 0.15) is 0 Å². The first kappa shape index (κ1) is 15.6. The van der Waals surface area contributed by atoms with Gasteiger partial charge in [-0.2, -0.15) is 4.99 Å².